The van der Waals surface area contributed by atoms with Crippen LogP contribution >= 0.6 is 0 Å². The van der Waals surface area contributed by atoms with Gasteiger partial charge in [-0.2, -0.15) is 5.10 Å². The van der Waals surface area contributed by atoms with Crippen molar-refractivity contribution in [1.82, 2.24) is 20.4 Å². The third-order valence-electron chi connectivity index (χ3n) is 2.61. The third kappa shape index (κ3) is 4.20. The Morgan fingerprint density at radius 2 is 2.11 bits per heavy atom. The van der Waals surface area contributed by atoms with Gasteiger partial charge in [-0.3, -0.25) is 14.3 Å². The van der Waals surface area contributed by atoms with Crippen molar-refractivity contribution >= 4 is 11.8 Å². The quantitative estimate of drug-likeness (QED) is 0.718. The lowest BCUT2D eigenvalue weighted by molar-refractivity contribution is -0.120. The Morgan fingerprint density at radius 3 is 2.67 bits per heavy atom. The molecule has 6 nitrogen and oxygen atoms in total. The van der Waals surface area contributed by atoms with Crippen LogP contribution < -0.4 is 10.6 Å². The van der Waals surface area contributed by atoms with Crippen molar-refractivity contribution in [3.8, 4) is 0 Å². The molecular formula is C12H20N4O2. The molecule has 0 unspecified atom stereocenters. The molecule has 0 saturated heterocycles. The number of aryl methyl sites for hydroxylation is 2. The Morgan fingerprint density at radius 1 is 1.39 bits per heavy atom. The zero-order valence-electron chi connectivity index (χ0n) is 11.1. The first-order chi connectivity index (χ1) is 8.54. The molecule has 18 heavy (non-hydrogen) atoms. The molecule has 1 aromatic rings. The second-order valence-electron chi connectivity index (χ2n) is 4.18. The van der Waals surface area contributed by atoms with Crippen LogP contribution in [-0.2, 0) is 11.8 Å². The molecule has 0 saturated carbocycles. The Hall–Kier alpha value is -1.85. The molecule has 0 aliphatic carbocycles. The normalized spacial score (nSPS) is 10.2. The van der Waals surface area contributed by atoms with Crippen LogP contribution in [0.5, 0.6) is 0 Å². The van der Waals surface area contributed by atoms with Crippen LogP contribution in [0.1, 0.15) is 35.9 Å². The molecule has 2 amide bonds. The van der Waals surface area contributed by atoms with Gasteiger partial charge in [0.25, 0.3) is 5.91 Å². The van der Waals surface area contributed by atoms with E-state index in [-0.39, 0.29) is 18.4 Å². The summed E-state index contributed by atoms with van der Waals surface area (Å²) in [6.07, 6.45) is 1.97. The van der Waals surface area contributed by atoms with E-state index in [1.807, 2.05) is 6.92 Å². The van der Waals surface area contributed by atoms with E-state index >= 15 is 0 Å². The minimum absolute atomic E-state index is 0.0157. The Labute approximate surface area is 107 Å². The molecule has 0 aliphatic heterocycles. The zero-order chi connectivity index (χ0) is 13.5. The number of carbonyl (C=O) groups excluding carboxylic acids is 2. The van der Waals surface area contributed by atoms with Crippen molar-refractivity contribution < 1.29 is 9.59 Å². The van der Waals surface area contributed by atoms with Gasteiger partial charge in [0.05, 0.1) is 6.54 Å². The molecule has 0 spiro atoms. The average molecular weight is 252 g/mol. The van der Waals surface area contributed by atoms with Crippen molar-refractivity contribution in [2.45, 2.75) is 26.7 Å². The maximum absolute atomic E-state index is 11.7. The Bertz CT molecular complexity index is 406. The van der Waals surface area contributed by atoms with Crippen LogP contribution in [0.4, 0.5) is 0 Å². The summed E-state index contributed by atoms with van der Waals surface area (Å²) >= 11 is 0. The van der Waals surface area contributed by atoms with Crippen molar-refractivity contribution in [2.75, 3.05) is 13.1 Å². The van der Waals surface area contributed by atoms with E-state index in [9.17, 15) is 9.59 Å². The first-order valence-electron chi connectivity index (χ1n) is 6.10. The minimum atomic E-state index is -0.329. The van der Waals surface area contributed by atoms with E-state index < -0.39 is 0 Å². The summed E-state index contributed by atoms with van der Waals surface area (Å²) in [5.74, 6) is -0.506. The standard InChI is InChI=1S/C12H20N4O2/c1-4-5-6-13-11(17)8-14-12(18)10-7-9(2)16(3)15-10/h7H,4-6,8H2,1-3H3,(H,13,17)(H,14,18). The number of carbonyl (C=O) groups is 2. The van der Waals surface area contributed by atoms with Crippen LogP contribution in [0.15, 0.2) is 6.07 Å². The molecule has 0 aromatic carbocycles. The molecule has 6 heteroatoms. The number of amides is 2. The van der Waals surface area contributed by atoms with Crippen LogP contribution in [0, 0.1) is 6.92 Å². The summed E-state index contributed by atoms with van der Waals surface area (Å²) in [6.45, 7) is 4.55. The maximum atomic E-state index is 11.7. The van der Waals surface area contributed by atoms with Crippen molar-refractivity contribution in [1.29, 1.82) is 0 Å². The highest BCUT2D eigenvalue weighted by atomic mass is 16.2. The Balaban J connectivity index is 2.35. The molecule has 0 bridgehead atoms. The molecule has 1 rings (SSSR count). The molecule has 1 heterocycles. The largest absolute Gasteiger partial charge is 0.355 e. The molecule has 0 radical (unpaired) electrons. The fourth-order valence-corrected chi connectivity index (χ4v) is 1.39. The minimum Gasteiger partial charge on any atom is -0.355 e. The lowest BCUT2D eigenvalue weighted by Crippen LogP contribution is -2.37. The number of rotatable bonds is 6. The summed E-state index contributed by atoms with van der Waals surface area (Å²) < 4.78 is 1.62. The first kappa shape index (κ1) is 14.2. The second-order valence-corrected chi connectivity index (χ2v) is 4.18. The molecular weight excluding hydrogens is 232 g/mol. The average Bonchev–Trinajstić information content (AvgIpc) is 2.67. The number of unbranched alkanes of at least 4 members (excludes halogenated alkanes) is 1. The van der Waals surface area contributed by atoms with Crippen LogP contribution in [-0.4, -0.2) is 34.7 Å². The number of hydrogen-bond donors (Lipinski definition) is 2. The summed E-state index contributed by atoms with van der Waals surface area (Å²) in [7, 11) is 1.77. The monoisotopic (exact) mass is 252 g/mol. The first-order valence-corrected chi connectivity index (χ1v) is 6.10. The van der Waals surface area contributed by atoms with Crippen LogP contribution in [0.25, 0.3) is 0 Å². The van der Waals surface area contributed by atoms with Crippen molar-refractivity contribution in [2.24, 2.45) is 7.05 Å². The lowest BCUT2D eigenvalue weighted by Gasteiger charge is -2.04. The van der Waals surface area contributed by atoms with Gasteiger partial charge in [0, 0.05) is 19.3 Å². The second kappa shape index (κ2) is 6.78. The summed E-state index contributed by atoms with van der Waals surface area (Å²) in [4.78, 5) is 23.1. The number of nitrogens with zero attached hydrogens (tertiary/aromatic N) is 2. The molecule has 0 aliphatic rings. The predicted octanol–water partition coefficient (Wildman–Crippen LogP) is 0.375. The summed E-state index contributed by atoms with van der Waals surface area (Å²) in [5.41, 5.74) is 1.23. The SMILES string of the molecule is CCCCNC(=O)CNC(=O)c1cc(C)n(C)n1. The van der Waals surface area contributed by atoms with E-state index in [4.69, 9.17) is 0 Å². The highest BCUT2D eigenvalue weighted by Gasteiger charge is 2.11. The lowest BCUT2D eigenvalue weighted by atomic mass is 10.3. The van der Waals surface area contributed by atoms with Crippen molar-refractivity contribution in [3.63, 3.8) is 0 Å². The predicted molar refractivity (Wildman–Crippen MR) is 68.2 cm³/mol. The summed E-state index contributed by atoms with van der Waals surface area (Å²) in [6, 6.07) is 1.68. The maximum Gasteiger partial charge on any atom is 0.272 e. The van der Waals surface area contributed by atoms with Gasteiger partial charge in [0.2, 0.25) is 5.91 Å². The fourth-order valence-electron chi connectivity index (χ4n) is 1.39. The van der Waals surface area contributed by atoms with Crippen LogP contribution in [0.3, 0.4) is 0 Å². The highest BCUT2D eigenvalue weighted by molar-refractivity contribution is 5.94. The Kier molecular flexibility index (Phi) is 5.35. The van der Waals surface area contributed by atoms with E-state index in [2.05, 4.69) is 22.7 Å². The van der Waals surface area contributed by atoms with Gasteiger partial charge in [-0.25, -0.2) is 0 Å². The van der Waals surface area contributed by atoms with Gasteiger partial charge < -0.3 is 10.6 Å². The zero-order valence-corrected chi connectivity index (χ0v) is 11.1. The molecule has 0 fully saturated rings. The van der Waals surface area contributed by atoms with Gasteiger partial charge >= 0.3 is 0 Å². The fraction of sp³-hybridized carbons (Fsp3) is 0.583. The van der Waals surface area contributed by atoms with Gasteiger partial charge in [-0.15, -0.1) is 0 Å². The number of hydrogen-bond acceptors (Lipinski definition) is 3. The molecule has 2 N–H and O–H groups in total. The topological polar surface area (TPSA) is 76.0 Å². The van der Waals surface area contributed by atoms with Gasteiger partial charge in [-0.1, -0.05) is 13.3 Å². The number of aromatic nitrogens is 2. The van der Waals surface area contributed by atoms with E-state index in [1.165, 1.54) is 0 Å². The molecule has 0 atom stereocenters. The van der Waals surface area contributed by atoms with E-state index in [1.54, 1.807) is 17.8 Å². The van der Waals surface area contributed by atoms with Crippen LogP contribution in [0.2, 0.25) is 0 Å². The third-order valence-corrected chi connectivity index (χ3v) is 2.61. The van der Waals surface area contributed by atoms with Gasteiger partial charge in [-0.05, 0) is 19.4 Å². The summed E-state index contributed by atoms with van der Waals surface area (Å²) in [5, 5.41) is 9.30. The molecule has 1 aromatic heterocycles. The molecule has 100 valence electrons. The smallest absolute Gasteiger partial charge is 0.272 e. The van der Waals surface area contributed by atoms with Crippen molar-refractivity contribution in [3.05, 3.63) is 17.5 Å². The highest BCUT2D eigenvalue weighted by Crippen LogP contribution is 2.00. The number of nitrogens with one attached hydrogen (secondary N) is 2. The van der Waals surface area contributed by atoms with Gasteiger partial charge in [0.15, 0.2) is 0 Å². The van der Waals surface area contributed by atoms with E-state index in [0.717, 1.165) is 18.5 Å². The van der Waals surface area contributed by atoms with Gasteiger partial charge in [0.1, 0.15) is 5.69 Å². The van der Waals surface area contributed by atoms with E-state index in [0.29, 0.717) is 12.2 Å².